The number of nitrogens with zero attached hydrogens (tertiary/aromatic N) is 5. The van der Waals surface area contributed by atoms with Gasteiger partial charge in [-0.1, -0.05) is 0 Å². The van der Waals surface area contributed by atoms with Crippen molar-refractivity contribution in [1.82, 2.24) is 29.9 Å². The smallest absolute Gasteiger partial charge is 0.320 e. The Morgan fingerprint density at radius 3 is 2.90 bits per heavy atom. The fourth-order valence-electron chi connectivity index (χ4n) is 4.41. The molecule has 2 aromatic rings. The van der Waals surface area contributed by atoms with Crippen LogP contribution in [0.5, 0.6) is 0 Å². The monoisotopic (exact) mass is 429 g/mol. The summed E-state index contributed by atoms with van der Waals surface area (Å²) in [6.07, 6.45) is 3.31. The Morgan fingerprint density at radius 2 is 2.16 bits per heavy atom. The second kappa shape index (κ2) is 8.62. The highest BCUT2D eigenvalue weighted by atomic mass is 19.1. The Morgan fingerprint density at radius 1 is 1.35 bits per heavy atom. The van der Waals surface area contributed by atoms with E-state index in [2.05, 4.69) is 32.3 Å². The first-order chi connectivity index (χ1) is 14.8. The number of amides is 3. The summed E-state index contributed by atoms with van der Waals surface area (Å²) in [5.74, 6) is -0.671. The van der Waals surface area contributed by atoms with Gasteiger partial charge in [0.15, 0.2) is 5.82 Å². The Labute approximate surface area is 180 Å². The lowest BCUT2D eigenvalue weighted by Crippen LogP contribution is -2.58. The first kappa shape index (κ1) is 21.2. The van der Waals surface area contributed by atoms with Crippen molar-refractivity contribution in [2.75, 3.05) is 32.0 Å². The van der Waals surface area contributed by atoms with E-state index in [4.69, 9.17) is 0 Å². The highest BCUT2D eigenvalue weighted by Crippen LogP contribution is 2.26. The van der Waals surface area contributed by atoms with Crippen molar-refractivity contribution in [2.45, 2.75) is 45.3 Å². The van der Waals surface area contributed by atoms with E-state index in [0.29, 0.717) is 18.4 Å². The van der Waals surface area contributed by atoms with Crippen molar-refractivity contribution in [2.24, 2.45) is 0 Å². The number of hydrogen-bond donors (Lipinski definition) is 2. The molecule has 2 unspecified atom stereocenters. The standard InChI is InChI=1S/C21H28FN7O2/c1-13-10-28-8-4-5-16(28)11-29(13)21(31)27(3)12-17-14(2)25-26-19(17)24-20(30)18-7-6-15(22)9-23-18/h6-7,9,13,16H,4-5,8,10-12H2,1-3H3,(H2,24,25,26,30). The number of rotatable bonds is 4. The minimum absolute atomic E-state index is 0.0304. The molecule has 2 aromatic heterocycles. The van der Waals surface area contributed by atoms with E-state index >= 15 is 0 Å². The van der Waals surface area contributed by atoms with Crippen LogP contribution in [0.15, 0.2) is 18.3 Å². The van der Waals surface area contributed by atoms with E-state index in [9.17, 15) is 14.0 Å². The van der Waals surface area contributed by atoms with E-state index in [-0.39, 0.29) is 17.8 Å². The second-order valence-electron chi connectivity index (χ2n) is 8.42. The lowest BCUT2D eigenvalue weighted by Gasteiger charge is -2.43. The van der Waals surface area contributed by atoms with Gasteiger partial charge in [0.05, 0.1) is 12.7 Å². The molecule has 0 saturated carbocycles. The lowest BCUT2D eigenvalue weighted by molar-refractivity contribution is 0.0656. The van der Waals surface area contributed by atoms with Crippen LogP contribution in [-0.4, -0.2) is 80.6 Å². The number of anilines is 1. The van der Waals surface area contributed by atoms with Crippen LogP contribution in [0.3, 0.4) is 0 Å². The minimum atomic E-state index is -0.513. The maximum atomic E-state index is 13.2. The molecule has 0 spiro atoms. The van der Waals surface area contributed by atoms with E-state index in [0.717, 1.165) is 43.5 Å². The van der Waals surface area contributed by atoms with Crippen LogP contribution in [-0.2, 0) is 6.54 Å². The van der Waals surface area contributed by atoms with Crippen LogP contribution in [0.25, 0.3) is 0 Å². The Bertz CT molecular complexity index is 961. The quantitative estimate of drug-likeness (QED) is 0.777. The van der Waals surface area contributed by atoms with Gasteiger partial charge in [-0.25, -0.2) is 14.2 Å². The number of aromatic nitrogens is 3. The van der Waals surface area contributed by atoms with Gasteiger partial charge in [-0.05, 0) is 45.4 Å². The molecule has 3 amide bonds. The van der Waals surface area contributed by atoms with Crippen molar-refractivity contribution in [1.29, 1.82) is 0 Å². The molecule has 2 saturated heterocycles. The van der Waals surface area contributed by atoms with E-state index in [1.165, 1.54) is 18.6 Å². The number of aryl methyl sites for hydroxylation is 1. The predicted molar refractivity (Wildman–Crippen MR) is 113 cm³/mol. The number of H-pyrrole nitrogens is 1. The fraction of sp³-hybridized carbons (Fsp3) is 0.524. The van der Waals surface area contributed by atoms with Gasteiger partial charge in [0.1, 0.15) is 11.5 Å². The molecule has 0 radical (unpaired) electrons. The summed E-state index contributed by atoms with van der Waals surface area (Å²) in [7, 11) is 1.76. The number of fused-ring (bicyclic) bond motifs is 1. The molecule has 2 fully saturated rings. The summed E-state index contributed by atoms with van der Waals surface area (Å²) in [4.78, 5) is 35.5. The molecular weight excluding hydrogens is 401 g/mol. The van der Waals surface area contributed by atoms with Gasteiger partial charge in [-0.3, -0.25) is 14.8 Å². The number of aromatic amines is 1. The molecule has 166 valence electrons. The molecule has 9 nitrogen and oxygen atoms in total. The van der Waals surface area contributed by atoms with Gasteiger partial charge in [0, 0.05) is 43.5 Å². The summed E-state index contributed by atoms with van der Waals surface area (Å²) in [5, 5.41) is 9.73. The molecule has 2 atom stereocenters. The third-order valence-corrected chi connectivity index (χ3v) is 6.17. The summed E-state index contributed by atoms with van der Waals surface area (Å²) in [6.45, 7) is 6.99. The van der Waals surface area contributed by atoms with Crippen LogP contribution in [0.2, 0.25) is 0 Å². The number of carbonyl (C=O) groups is 2. The Kier molecular flexibility index (Phi) is 5.90. The van der Waals surface area contributed by atoms with Gasteiger partial charge in [0.2, 0.25) is 0 Å². The number of halogens is 1. The van der Waals surface area contributed by atoms with Crippen molar-refractivity contribution in [3.8, 4) is 0 Å². The number of urea groups is 1. The molecule has 2 aliphatic heterocycles. The summed E-state index contributed by atoms with van der Waals surface area (Å²) >= 11 is 0. The van der Waals surface area contributed by atoms with Crippen LogP contribution < -0.4 is 5.32 Å². The maximum Gasteiger partial charge on any atom is 0.320 e. The zero-order valence-corrected chi connectivity index (χ0v) is 18.1. The highest BCUT2D eigenvalue weighted by Gasteiger charge is 2.37. The SMILES string of the molecule is Cc1[nH]nc(NC(=O)c2ccc(F)cn2)c1CN(C)C(=O)N1CC2CCCN2CC1C. The van der Waals surface area contributed by atoms with Crippen LogP contribution in [0.4, 0.5) is 15.0 Å². The molecular formula is C21H28FN7O2. The molecule has 4 rings (SSSR count). The summed E-state index contributed by atoms with van der Waals surface area (Å²) in [5.41, 5.74) is 1.56. The van der Waals surface area contributed by atoms with Crippen molar-refractivity contribution in [3.63, 3.8) is 0 Å². The average molecular weight is 430 g/mol. The van der Waals surface area contributed by atoms with Gasteiger partial charge in [0.25, 0.3) is 5.91 Å². The normalized spacial score (nSPS) is 21.1. The van der Waals surface area contributed by atoms with Gasteiger partial charge < -0.3 is 15.1 Å². The van der Waals surface area contributed by atoms with E-state index < -0.39 is 11.7 Å². The topological polar surface area (TPSA) is 97.5 Å². The first-order valence-electron chi connectivity index (χ1n) is 10.6. The third-order valence-electron chi connectivity index (χ3n) is 6.17. The number of nitrogens with one attached hydrogen (secondary N) is 2. The van der Waals surface area contributed by atoms with Gasteiger partial charge >= 0.3 is 6.03 Å². The predicted octanol–water partition coefficient (Wildman–Crippen LogP) is 2.22. The average Bonchev–Trinajstić information content (AvgIpc) is 3.34. The van der Waals surface area contributed by atoms with Crippen LogP contribution in [0.1, 0.15) is 41.5 Å². The largest absolute Gasteiger partial charge is 0.323 e. The minimum Gasteiger partial charge on any atom is -0.323 e. The number of piperazine rings is 1. The summed E-state index contributed by atoms with van der Waals surface area (Å²) in [6, 6.07) is 3.05. The molecule has 2 aliphatic rings. The van der Waals surface area contributed by atoms with Crippen molar-refractivity contribution in [3.05, 3.63) is 41.1 Å². The summed E-state index contributed by atoms with van der Waals surface area (Å²) < 4.78 is 13.1. The fourth-order valence-corrected chi connectivity index (χ4v) is 4.41. The van der Waals surface area contributed by atoms with Crippen LogP contribution in [0, 0.1) is 12.7 Å². The van der Waals surface area contributed by atoms with Gasteiger partial charge in [-0.2, -0.15) is 5.10 Å². The molecule has 2 N–H and O–H groups in total. The Balaban J connectivity index is 1.44. The first-order valence-corrected chi connectivity index (χ1v) is 10.6. The number of carbonyl (C=O) groups excluding carboxylic acids is 2. The highest BCUT2D eigenvalue weighted by molar-refractivity contribution is 6.02. The molecule has 0 aromatic carbocycles. The molecule has 31 heavy (non-hydrogen) atoms. The second-order valence-corrected chi connectivity index (χ2v) is 8.42. The number of pyridine rings is 1. The van der Waals surface area contributed by atoms with E-state index in [1.54, 1.807) is 11.9 Å². The molecule has 0 bridgehead atoms. The number of hydrogen-bond acceptors (Lipinski definition) is 5. The molecule has 4 heterocycles. The van der Waals surface area contributed by atoms with Crippen molar-refractivity contribution >= 4 is 17.8 Å². The third kappa shape index (κ3) is 4.39. The van der Waals surface area contributed by atoms with Crippen LogP contribution >= 0.6 is 0 Å². The molecule has 0 aliphatic carbocycles. The maximum absolute atomic E-state index is 13.2. The van der Waals surface area contributed by atoms with E-state index in [1.807, 2.05) is 11.8 Å². The molecule has 10 heteroatoms. The van der Waals surface area contributed by atoms with Crippen molar-refractivity contribution < 1.29 is 14.0 Å². The zero-order chi connectivity index (χ0) is 22.1. The van der Waals surface area contributed by atoms with Gasteiger partial charge in [-0.15, -0.1) is 0 Å². The Hall–Kier alpha value is -3.01. The zero-order valence-electron chi connectivity index (χ0n) is 18.1. The lowest BCUT2D eigenvalue weighted by atomic mass is 10.1.